The van der Waals surface area contributed by atoms with Crippen LogP contribution >= 0.6 is 0 Å². The Morgan fingerprint density at radius 1 is 1.88 bits per heavy atom. The minimum atomic E-state index is -0.361. The quantitative estimate of drug-likeness (QED) is 0.318. The van der Waals surface area contributed by atoms with Crippen molar-refractivity contribution in [2.24, 2.45) is 0 Å². The molecule has 0 spiro atoms. The van der Waals surface area contributed by atoms with E-state index in [0.717, 1.165) is 0 Å². The summed E-state index contributed by atoms with van der Waals surface area (Å²) in [4.78, 5) is 0. The van der Waals surface area contributed by atoms with E-state index < -0.39 is 0 Å². The van der Waals surface area contributed by atoms with Crippen LogP contribution in [0.5, 0.6) is 0 Å². The van der Waals surface area contributed by atoms with Crippen molar-refractivity contribution in [2.45, 2.75) is 6.42 Å². The van der Waals surface area contributed by atoms with Crippen molar-refractivity contribution in [2.75, 3.05) is 6.54 Å². The Morgan fingerprint density at radius 2 is 2.50 bits per heavy atom. The summed E-state index contributed by atoms with van der Waals surface area (Å²) in [5.74, 6) is -0.361. The molecule has 0 aliphatic rings. The molecule has 0 aliphatic carbocycles. The van der Waals surface area contributed by atoms with E-state index >= 15 is 0 Å². The van der Waals surface area contributed by atoms with E-state index in [4.69, 9.17) is 0 Å². The first-order valence-corrected chi connectivity index (χ1v) is 2.22. The minimum absolute atomic E-state index is 0.237. The average molecular weight is 113 g/mol. The maximum atomic E-state index is 9.97. The van der Waals surface area contributed by atoms with Crippen LogP contribution in [0.25, 0.3) is 0 Å². The van der Waals surface area contributed by atoms with Gasteiger partial charge in [0, 0.05) is 0 Å². The fourth-order valence-corrected chi connectivity index (χ4v) is 0.253. The Hall–Kier alpha value is -0.920. The van der Waals surface area contributed by atoms with E-state index in [9.17, 15) is 9.76 Å². The Bertz CT molecular complexity index is 114. The van der Waals surface area contributed by atoms with Gasteiger partial charge in [0.05, 0.1) is 0 Å². The van der Waals surface area contributed by atoms with Gasteiger partial charge in [-0.2, -0.15) is 0 Å². The summed E-state index contributed by atoms with van der Waals surface area (Å²) < 4.78 is 9.49. The molecular formula is C5H7NO2+. The van der Waals surface area contributed by atoms with Crippen molar-refractivity contribution in [1.29, 1.82) is 0 Å². The normalized spacial score (nSPS) is 7.38. The summed E-state index contributed by atoms with van der Waals surface area (Å²) in [6, 6.07) is 0. The SMILES string of the molecule is C=C([O])NCCC#[O+]. The van der Waals surface area contributed by atoms with Crippen molar-refractivity contribution in [1.82, 2.24) is 5.32 Å². The first kappa shape index (κ1) is 7.08. The summed E-state index contributed by atoms with van der Waals surface area (Å²) in [7, 11) is 0. The van der Waals surface area contributed by atoms with Crippen molar-refractivity contribution >= 4 is 0 Å². The summed E-state index contributed by atoms with van der Waals surface area (Å²) in [6.45, 7) is 3.37. The summed E-state index contributed by atoms with van der Waals surface area (Å²) in [5, 5.41) is 12.3. The molecule has 0 fully saturated rings. The monoisotopic (exact) mass is 113 g/mol. The fourth-order valence-electron chi connectivity index (χ4n) is 0.253. The summed E-state index contributed by atoms with van der Waals surface area (Å²) in [5.41, 5.74) is 0. The summed E-state index contributed by atoms with van der Waals surface area (Å²) >= 11 is 0. The Morgan fingerprint density at radius 3 is 2.88 bits per heavy atom. The third-order valence-electron chi connectivity index (χ3n) is 0.549. The van der Waals surface area contributed by atoms with Crippen LogP contribution in [-0.4, -0.2) is 6.54 Å². The molecule has 0 heterocycles. The average Bonchev–Trinajstić information content (AvgIpc) is 1.66. The second kappa shape index (κ2) is 4.24. The molecule has 0 saturated heterocycles. The molecular weight excluding hydrogens is 106 g/mol. The Balaban J connectivity index is 2.97. The van der Waals surface area contributed by atoms with Crippen LogP contribution in [0.4, 0.5) is 0 Å². The van der Waals surface area contributed by atoms with Gasteiger partial charge in [0.1, 0.15) is 0 Å². The van der Waals surface area contributed by atoms with Gasteiger partial charge in [0.15, 0.2) is 0 Å². The number of rotatable bonds is 3. The number of nitrogens with one attached hydrogen (secondary N) is 1. The van der Waals surface area contributed by atoms with Gasteiger partial charge in [-0.25, -0.2) is 0 Å². The van der Waals surface area contributed by atoms with Crippen LogP contribution in [0.3, 0.4) is 0 Å². The zero-order valence-corrected chi connectivity index (χ0v) is 4.44. The molecule has 3 nitrogen and oxygen atoms in total. The van der Waals surface area contributed by atoms with Crippen LogP contribution < -0.4 is 5.32 Å². The molecule has 1 N–H and O–H groups in total. The van der Waals surface area contributed by atoms with Crippen molar-refractivity contribution in [3.63, 3.8) is 0 Å². The second-order valence-electron chi connectivity index (χ2n) is 1.24. The summed E-state index contributed by atoms with van der Waals surface area (Å²) in [6.07, 6.45) is 1.87. The molecule has 0 aromatic heterocycles. The van der Waals surface area contributed by atoms with Gasteiger partial charge in [-0.15, -0.1) is 0 Å². The van der Waals surface area contributed by atoms with E-state index in [1.165, 1.54) is 0 Å². The molecule has 1 radical (unpaired) electrons. The first-order valence-electron chi connectivity index (χ1n) is 2.22. The standard InChI is InChI=1S/C5H7NO2/c1-5(8)6-3-2-4-7/h6H,1-3H2/q+1. The van der Waals surface area contributed by atoms with Gasteiger partial charge in [-0.3, -0.25) is 0 Å². The van der Waals surface area contributed by atoms with E-state index in [0.29, 0.717) is 6.54 Å². The zero-order chi connectivity index (χ0) is 6.41. The van der Waals surface area contributed by atoms with Gasteiger partial charge in [-0.1, -0.05) is 0 Å². The number of hydrogen-bond acceptors (Lipinski definition) is 1. The Labute approximate surface area is 47.7 Å². The van der Waals surface area contributed by atoms with Gasteiger partial charge in [0.25, 0.3) is 0 Å². The topological polar surface area (TPSA) is 51.8 Å². The maximum absolute atomic E-state index is 9.97. The third-order valence-corrected chi connectivity index (χ3v) is 0.549. The van der Waals surface area contributed by atoms with Gasteiger partial charge >= 0.3 is 46.7 Å². The predicted octanol–water partition coefficient (Wildman–Crippen LogP) is 0.258. The molecule has 0 bridgehead atoms. The van der Waals surface area contributed by atoms with Crippen LogP contribution in [0.15, 0.2) is 12.5 Å². The number of hydrogen-bond donors (Lipinski definition) is 1. The van der Waals surface area contributed by atoms with Crippen molar-refractivity contribution in [3.05, 3.63) is 12.5 Å². The van der Waals surface area contributed by atoms with Gasteiger partial charge in [0.2, 0.25) is 0 Å². The van der Waals surface area contributed by atoms with Crippen molar-refractivity contribution < 1.29 is 9.76 Å². The predicted molar refractivity (Wildman–Crippen MR) is 27.0 cm³/mol. The molecule has 0 rings (SSSR count). The molecule has 3 heteroatoms. The van der Waals surface area contributed by atoms with Gasteiger partial charge in [-0.05, 0) is 0 Å². The molecule has 0 unspecified atom stereocenters. The Kier molecular flexibility index (Phi) is 3.76. The van der Waals surface area contributed by atoms with E-state index in [-0.39, 0.29) is 12.3 Å². The molecule has 0 amide bonds. The van der Waals surface area contributed by atoms with E-state index in [1.807, 2.05) is 0 Å². The second-order valence-corrected chi connectivity index (χ2v) is 1.24. The molecule has 0 atom stereocenters. The van der Waals surface area contributed by atoms with Crippen molar-refractivity contribution in [3.8, 4) is 6.15 Å². The van der Waals surface area contributed by atoms with Crippen LogP contribution in [0.1, 0.15) is 6.42 Å². The molecule has 8 heavy (non-hydrogen) atoms. The van der Waals surface area contributed by atoms with Crippen LogP contribution in [-0.2, 0) is 9.76 Å². The molecule has 0 aromatic rings. The van der Waals surface area contributed by atoms with Gasteiger partial charge < -0.3 is 0 Å². The van der Waals surface area contributed by atoms with Crippen LogP contribution in [0, 0.1) is 6.15 Å². The zero-order valence-electron chi connectivity index (χ0n) is 4.44. The first-order chi connectivity index (χ1) is 3.77. The fraction of sp³-hybridized carbons (Fsp3) is 0.400. The van der Waals surface area contributed by atoms with E-state index in [2.05, 4.69) is 11.9 Å². The van der Waals surface area contributed by atoms with Crippen LogP contribution in [0.2, 0.25) is 0 Å². The third kappa shape index (κ3) is 5.08. The molecule has 0 aromatic carbocycles. The van der Waals surface area contributed by atoms with E-state index in [1.54, 1.807) is 6.15 Å². The molecule has 0 aliphatic heterocycles. The molecule has 43 valence electrons. The molecule has 0 saturated carbocycles.